The van der Waals surface area contributed by atoms with Crippen molar-refractivity contribution in [1.82, 2.24) is 10.1 Å². The quantitative estimate of drug-likeness (QED) is 0.916. The second kappa shape index (κ2) is 4.39. The summed E-state index contributed by atoms with van der Waals surface area (Å²) in [5.41, 5.74) is 0.785. The number of piperidine rings is 3. The van der Waals surface area contributed by atoms with E-state index in [2.05, 4.69) is 15.4 Å². The van der Waals surface area contributed by atoms with Gasteiger partial charge in [-0.3, -0.25) is 0 Å². The molecule has 100 valence electrons. The Hall–Kier alpha value is -1.26. The summed E-state index contributed by atoms with van der Waals surface area (Å²) >= 11 is 6.05. The normalized spacial score (nSPS) is 29.8. The molecule has 0 amide bonds. The standard InChI is InChI=1S/C14H16ClN3O/c15-10-1-2-13-11(7-10)14(17-19-13)16-12-8-18-5-3-9(12)4-6-18/h1-2,7,9,12H,3-6,8H2,(H,16,17). The van der Waals surface area contributed by atoms with Gasteiger partial charge in [0, 0.05) is 17.6 Å². The first kappa shape index (κ1) is 11.6. The zero-order valence-electron chi connectivity index (χ0n) is 10.6. The minimum absolute atomic E-state index is 0.481. The number of hydrogen-bond acceptors (Lipinski definition) is 4. The van der Waals surface area contributed by atoms with Crippen LogP contribution in [0.5, 0.6) is 0 Å². The lowest BCUT2D eigenvalue weighted by Gasteiger charge is -2.44. The second-order valence-corrected chi connectivity index (χ2v) is 6.00. The smallest absolute Gasteiger partial charge is 0.177 e. The van der Waals surface area contributed by atoms with Gasteiger partial charge in [0.25, 0.3) is 0 Å². The fraction of sp³-hybridized carbons (Fsp3) is 0.500. The predicted octanol–water partition coefficient (Wildman–Crippen LogP) is 2.99. The van der Waals surface area contributed by atoms with Crippen molar-refractivity contribution >= 4 is 28.4 Å². The third-order valence-corrected chi connectivity index (χ3v) is 4.65. The maximum Gasteiger partial charge on any atom is 0.177 e. The number of aromatic nitrogens is 1. The molecular weight excluding hydrogens is 262 g/mol. The first-order valence-corrected chi connectivity index (χ1v) is 7.21. The molecule has 4 nitrogen and oxygen atoms in total. The number of benzene rings is 1. The zero-order chi connectivity index (χ0) is 12.8. The van der Waals surface area contributed by atoms with Gasteiger partial charge in [0.1, 0.15) is 0 Å². The van der Waals surface area contributed by atoms with Gasteiger partial charge in [0.15, 0.2) is 11.4 Å². The summed E-state index contributed by atoms with van der Waals surface area (Å²) in [5, 5.41) is 9.40. The van der Waals surface area contributed by atoms with Crippen LogP contribution in [-0.4, -0.2) is 35.7 Å². The Balaban J connectivity index is 1.63. The van der Waals surface area contributed by atoms with E-state index in [1.54, 1.807) is 0 Å². The number of nitrogens with zero attached hydrogens (tertiary/aromatic N) is 2. The highest BCUT2D eigenvalue weighted by Gasteiger charge is 2.34. The van der Waals surface area contributed by atoms with Gasteiger partial charge < -0.3 is 14.7 Å². The van der Waals surface area contributed by atoms with E-state index in [4.69, 9.17) is 16.1 Å². The van der Waals surface area contributed by atoms with Crippen LogP contribution >= 0.6 is 11.6 Å². The van der Waals surface area contributed by atoms with Crippen molar-refractivity contribution < 1.29 is 4.52 Å². The Morgan fingerprint density at radius 1 is 1.32 bits per heavy atom. The van der Waals surface area contributed by atoms with E-state index in [1.165, 1.54) is 25.9 Å². The molecule has 2 bridgehead atoms. The Labute approximate surface area is 116 Å². The monoisotopic (exact) mass is 277 g/mol. The molecular formula is C14H16ClN3O. The van der Waals surface area contributed by atoms with Gasteiger partial charge >= 0.3 is 0 Å². The molecule has 1 N–H and O–H groups in total. The van der Waals surface area contributed by atoms with Crippen LogP contribution in [0.4, 0.5) is 5.82 Å². The molecule has 0 saturated carbocycles. The van der Waals surface area contributed by atoms with Gasteiger partial charge in [-0.1, -0.05) is 16.8 Å². The molecule has 5 heteroatoms. The fourth-order valence-corrected chi connectivity index (χ4v) is 3.49. The van der Waals surface area contributed by atoms with E-state index in [9.17, 15) is 0 Å². The molecule has 4 heterocycles. The summed E-state index contributed by atoms with van der Waals surface area (Å²) in [4.78, 5) is 2.52. The van der Waals surface area contributed by atoms with Crippen molar-refractivity contribution in [2.45, 2.75) is 18.9 Å². The van der Waals surface area contributed by atoms with Crippen LogP contribution in [0.25, 0.3) is 11.0 Å². The predicted molar refractivity (Wildman–Crippen MR) is 75.6 cm³/mol. The molecule has 0 aliphatic carbocycles. The number of fused-ring (bicyclic) bond motifs is 4. The van der Waals surface area contributed by atoms with Crippen LogP contribution in [0, 0.1) is 5.92 Å². The first-order chi connectivity index (χ1) is 9.29. The number of rotatable bonds is 2. The number of nitrogens with one attached hydrogen (secondary N) is 1. The average Bonchev–Trinajstić information content (AvgIpc) is 2.83. The lowest BCUT2D eigenvalue weighted by molar-refractivity contribution is 0.0973. The molecule has 1 aromatic carbocycles. The topological polar surface area (TPSA) is 41.3 Å². The van der Waals surface area contributed by atoms with Crippen molar-refractivity contribution in [2.24, 2.45) is 5.92 Å². The van der Waals surface area contributed by atoms with Gasteiger partial charge in [-0.05, 0) is 50.0 Å². The third kappa shape index (κ3) is 1.99. The van der Waals surface area contributed by atoms with Gasteiger partial charge in [-0.15, -0.1) is 0 Å². The van der Waals surface area contributed by atoms with Gasteiger partial charge in [0.2, 0.25) is 0 Å². The molecule has 0 radical (unpaired) electrons. The summed E-state index contributed by atoms with van der Waals surface area (Å²) in [6, 6.07) is 6.09. The van der Waals surface area contributed by atoms with E-state index < -0.39 is 0 Å². The van der Waals surface area contributed by atoms with Crippen LogP contribution in [0.2, 0.25) is 5.02 Å². The molecule has 3 saturated heterocycles. The van der Waals surface area contributed by atoms with Gasteiger partial charge in [-0.2, -0.15) is 0 Å². The SMILES string of the molecule is Clc1ccc2onc(NC3CN4CCC3CC4)c2c1. The van der Waals surface area contributed by atoms with Crippen LogP contribution in [0.15, 0.2) is 22.7 Å². The Morgan fingerprint density at radius 3 is 2.89 bits per heavy atom. The van der Waals surface area contributed by atoms with Crippen molar-refractivity contribution in [3.05, 3.63) is 23.2 Å². The first-order valence-electron chi connectivity index (χ1n) is 6.83. The van der Waals surface area contributed by atoms with E-state index in [0.717, 1.165) is 29.2 Å². The lowest BCUT2D eigenvalue weighted by Crippen LogP contribution is -2.53. The van der Waals surface area contributed by atoms with Gasteiger partial charge in [-0.25, -0.2) is 0 Å². The van der Waals surface area contributed by atoms with E-state index in [-0.39, 0.29) is 0 Å². The number of halogens is 1. The summed E-state index contributed by atoms with van der Waals surface area (Å²) in [7, 11) is 0. The molecule has 5 rings (SSSR count). The summed E-state index contributed by atoms with van der Waals surface area (Å²) in [6.45, 7) is 3.60. The summed E-state index contributed by atoms with van der Waals surface area (Å²) in [5.74, 6) is 1.59. The highest BCUT2D eigenvalue weighted by Crippen LogP contribution is 2.32. The Kier molecular flexibility index (Phi) is 2.67. The molecule has 0 spiro atoms. The van der Waals surface area contributed by atoms with E-state index in [0.29, 0.717) is 11.1 Å². The van der Waals surface area contributed by atoms with Crippen molar-refractivity contribution in [3.63, 3.8) is 0 Å². The summed E-state index contributed by atoms with van der Waals surface area (Å²) < 4.78 is 5.34. The van der Waals surface area contributed by atoms with Crippen LogP contribution < -0.4 is 5.32 Å². The molecule has 1 aromatic heterocycles. The Bertz CT molecular complexity index is 604. The molecule has 3 fully saturated rings. The van der Waals surface area contributed by atoms with Crippen LogP contribution in [0.3, 0.4) is 0 Å². The average molecular weight is 278 g/mol. The minimum Gasteiger partial charge on any atom is -0.362 e. The third-order valence-electron chi connectivity index (χ3n) is 4.41. The van der Waals surface area contributed by atoms with E-state index >= 15 is 0 Å². The zero-order valence-corrected chi connectivity index (χ0v) is 11.4. The lowest BCUT2D eigenvalue weighted by atomic mass is 9.84. The van der Waals surface area contributed by atoms with Crippen molar-refractivity contribution in [2.75, 3.05) is 25.0 Å². The van der Waals surface area contributed by atoms with Crippen LogP contribution in [-0.2, 0) is 0 Å². The van der Waals surface area contributed by atoms with E-state index in [1.807, 2.05) is 18.2 Å². The summed E-state index contributed by atoms with van der Waals surface area (Å²) in [6.07, 6.45) is 2.57. The maximum absolute atomic E-state index is 6.05. The number of hydrogen-bond donors (Lipinski definition) is 1. The molecule has 3 aliphatic heterocycles. The highest BCUT2D eigenvalue weighted by molar-refractivity contribution is 6.31. The van der Waals surface area contributed by atoms with Crippen LogP contribution in [0.1, 0.15) is 12.8 Å². The Morgan fingerprint density at radius 2 is 2.16 bits per heavy atom. The molecule has 1 atom stereocenters. The highest BCUT2D eigenvalue weighted by atomic mass is 35.5. The molecule has 2 aromatic rings. The largest absolute Gasteiger partial charge is 0.362 e. The molecule has 3 aliphatic rings. The number of anilines is 1. The van der Waals surface area contributed by atoms with Crippen molar-refractivity contribution in [3.8, 4) is 0 Å². The maximum atomic E-state index is 6.05. The molecule has 19 heavy (non-hydrogen) atoms. The second-order valence-electron chi connectivity index (χ2n) is 5.56. The minimum atomic E-state index is 0.481. The van der Waals surface area contributed by atoms with Gasteiger partial charge in [0.05, 0.1) is 5.39 Å². The fourth-order valence-electron chi connectivity index (χ4n) is 3.32. The van der Waals surface area contributed by atoms with Crippen molar-refractivity contribution in [1.29, 1.82) is 0 Å². The molecule has 1 unspecified atom stereocenters.